The van der Waals surface area contributed by atoms with Gasteiger partial charge in [-0.1, -0.05) is 30.3 Å². The monoisotopic (exact) mass is 415 g/mol. The molecule has 0 spiro atoms. The van der Waals surface area contributed by atoms with Crippen LogP contribution in [0.15, 0.2) is 48.5 Å². The second kappa shape index (κ2) is 10.4. The number of rotatable bonds is 7. The van der Waals surface area contributed by atoms with Crippen molar-refractivity contribution in [1.82, 2.24) is 10.6 Å². The van der Waals surface area contributed by atoms with Crippen LogP contribution in [0, 0.1) is 5.82 Å². The number of alkyl carbamates (subject to hydrolysis) is 1. The normalized spacial score (nSPS) is 10.8. The van der Waals surface area contributed by atoms with Crippen molar-refractivity contribution in [2.45, 2.75) is 39.3 Å². The molecule has 0 atom stereocenters. The van der Waals surface area contributed by atoms with Gasteiger partial charge in [-0.05, 0) is 50.1 Å². The van der Waals surface area contributed by atoms with E-state index in [4.69, 9.17) is 4.74 Å². The molecule has 2 rings (SSSR count). The van der Waals surface area contributed by atoms with Crippen LogP contribution in [-0.4, -0.2) is 30.1 Å². The molecule has 0 aromatic heterocycles. The van der Waals surface area contributed by atoms with Crippen molar-refractivity contribution in [3.8, 4) is 0 Å². The highest BCUT2D eigenvalue weighted by molar-refractivity contribution is 5.93. The Labute approximate surface area is 175 Å². The van der Waals surface area contributed by atoms with Gasteiger partial charge in [0.2, 0.25) is 11.8 Å². The van der Waals surface area contributed by atoms with Gasteiger partial charge in [0.1, 0.15) is 18.0 Å². The van der Waals surface area contributed by atoms with Gasteiger partial charge in [0.05, 0.1) is 6.42 Å². The number of benzene rings is 2. The Morgan fingerprint density at radius 2 is 1.60 bits per heavy atom. The molecule has 0 unspecified atom stereocenters. The van der Waals surface area contributed by atoms with E-state index in [1.165, 1.54) is 12.1 Å². The molecule has 2 aromatic rings. The second-order valence-electron chi connectivity index (χ2n) is 7.64. The van der Waals surface area contributed by atoms with Crippen molar-refractivity contribution < 1.29 is 23.5 Å². The fourth-order valence-electron chi connectivity index (χ4n) is 2.50. The number of carbonyl (C=O) groups excluding carboxylic acids is 3. The molecular weight excluding hydrogens is 389 g/mol. The molecule has 0 bridgehead atoms. The van der Waals surface area contributed by atoms with E-state index in [0.29, 0.717) is 16.8 Å². The first kappa shape index (κ1) is 22.9. The molecule has 0 fully saturated rings. The molecule has 2 aromatic carbocycles. The van der Waals surface area contributed by atoms with Gasteiger partial charge < -0.3 is 20.7 Å². The first-order valence-corrected chi connectivity index (χ1v) is 9.48. The van der Waals surface area contributed by atoms with Crippen LogP contribution in [0.3, 0.4) is 0 Å². The Bertz CT molecular complexity index is 892. The Morgan fingerprint density at radius 1 is 0.933 bits per heavy atom. The minimum atomic E-state index is -0.675. The number of carbonyl (C=O) groups is 3. The molecule has 0 radical (unpaired) electrons. The van der Waals surface area contributed by atoms with E-state index in [0.717, 1.165) is 0 Å². The highest BCUT2D eigenvalue weighted by atomic mass is 19.1. The van der Waals surface area contributed by atoms with Gasteiger partial charge in [0.25, 0.3) is 0 Å². The molecule has 3 amide bonds. The molecule has 0 saturated heterocycles. The van der Waals surface area contributed by atoms with Crippen LogP contribution < -0.4 is 16.0 Å². The molecule has 7 nitrogen and oxygen atoms in total. The number of hydrogen-bond donors (Lipinski definition) is 3. The Balaban J connectivity index is 1.85. The lowest BCUT2D eigenvalue weighted by Crippen LogP contribution is -2.39. The molecule has 0 aliphatic carbocycles. The van der Waals surface area contributed by atoms with Crippen LogP contribution >= 0.6 is 0 Å². The van der Waals surface area contributed by atoms with Crippen molar-refractivity contribution in [2.75, 3.05) is 11.9 Å². The largest absolute Gasteiger partial charge is 0.444 e. The third kappa shape index (κ3) is 8.30. The van der Waals surface area contributed by atoms with Crippen molar-refractivity contribution in [1.29, 1.82) is 0 Å². The van der Waals surface area contributed by atoms with Gasteiger partial charge in [-0.3, -0.25) is 9.59 Å². The maximum absolute atomic E-state index is 13.0. The summed E-state index contributed by atoms with van der Waals surface area (Å²) >= 11 is 0. The molecule has 30 heavy (non-hydrogen) atoms. The first-order valence-electron chi connectivity index (χ1n) is 9.48. The number of nitrogens with one attached hydrogen (secondary N) is 3. The predicted octanol–water partition coefficient (Wildman–Crippen LogP) is 3.15. The predicted molar refractivity (Wildman–Crippen MR) is 111 cm³/mol. The number of hydrogen-bond acceptors (Lipinski definition) is 4. The van der Waals surface area contributed by atoms with Crippen LogP contribution in [-0.2, 0) is 27.3 Å². The minimum Gasteiger partial charge on any atom is -0.444 e. The molecule has 0 saturated carbocycles. The zero-order valence-electron chi connectivity index (χ0n) is 17.3. The standard InChI is InChI=1S/C22H26FN3O4/c1-22(2,3)30-21(29)25-14-20(28)24-13-16-6-4-5-7-18(16)26-19(27)12-15-8-10-17(23)11-9-15/h4-11H,12-14H2,1-3H3,(H,24,28)(H,25,29)(H,26,27). The summed E-state index contributed by atoms with van der Waals surface area (Å²) in [6, 6.07) is 12.8. The van der Waals surface area contributed by atoms with E-state index < -0.39 is 17.6 Å². The third-order valence-electron chi connectivity index (χ3n) is 3.84. The quantitative estimate of drug-likeness (QED) is 0.647. The number of amides is 3. The van der Waals surface area contributed by atoms with E-state index in [1.54, 1.807) is 57.2 Å². The van der Waals surface area contributed by atoms with Gasteiger partial charge in [-0.15, -0.1) is 0 Å². The smallest absolute Gasteiger partial charge is 0.408 e. The molecule has 0 aliphatic heterocycles. The van der Waals surface area contributed by atoms with Crippen molar-refractivity contribution in [2.24, 2.45) is 0 Å². The van der Waals surface area contributed by atoms with E-state index in [1.807, 2.05) is 0 Å². The molecular formula is C22H26FN3O4. The van der Waals surface area contributed by atoms with E-state index in [-0.39, 0.29) is 31.2 Å². The van der Waals surface area contributed by atoms with Crippen molar-refractivity contribution >= 4 is 23.6 Å². The van der Waals surface area contributed by atoms with Crippen LogP contribution in [0.2, 0.25) is 0 Å². The maximum atomic E-state index is 13.0. The summed E-state index contributed by atoms with van der Waals surface area (Å²) in [4.78, 5) is 35.9. The summed E-state index contributed by atoms with van der Waals surface area (Å²) < 4.78 is 18.1. The SMILES string of the molecule is CC(C)(C)OC(=O)NCC(=O)NCc1ccccc1NC(=O)Cc1ccc(F)cc1. The lowest BCUT2D eigenvalue weighted by Gasteiger charge is -2.19. The molecule has 8 heteroatoms. The lowest BCUT2D eigenvalue weighted by molar-refractivity contribution is -0.120. The number of para-hydroxylation sites is 1. The maximum Gasteiger partial charge on any atom is 0.408 e. The number of halogens is 1. The summed E-state index contributed by atoms with van der Waals surface area (Å²) in [5, 5.41) is 7.87. The van der Waals surface area contributed by atoms with Crippen LogP contribution in [0.25, 0.3) is 0 Å². The summed E-state index contributed by atoms with van der Waals surface area (Å²) in [5.74, 6) is -1.01. The first-order chi connectivity index (χ1) is 14.1. The van der Waals surface area contributed by atoms with Crippen molar-refractivity contribution in [3.05, 3.63) is 65.5 Å². The average Bonchev–Trinajstić information content (AvgIpc) is 2.66. The highest BCUT2D eigenvalue weighted by Crippen LogP contribution is 2.15. The zero-order valence-corrected chi connectivity index (χ0v) is 17.3. The summed E-state index contributed by atoms with van der Waals surface area (Å²) in [7, 11) is 0. The van der Waals surface area contributed by atoms with E-state index in [2.05, 4.69) is 16.0 Å². The van der Waals surface area contributed by atoms with Crippen LogP contribution in [0.5, 0.6) is 0 Å². The minimum absolute atomic E-state index is 0.0980. The van der Waals surface area contributed by atoms with Crippen molar-refractivity contribution in [3.63, 3.8) is 0 Å². The Kier molecular flexibility index (Phi) is 7.91. The van der Waals surface area contributed by atoms with Crippen LogP contribution in [0.4, 0.5) is 14.9 Å². The van der Waals surface area contributed by atoms with Crippen LogP contribution in [0.1, 0.15) is 31.9 Å². The zero-order chi connectivity index (χ0) is 22.1. The summed E-state index contributed by atoms with van der Waals surface area (Å²) in [6.07, 6.45) is -0.577. The van der Waals surface area contributed by atoms with E-state index >= 15 is 0 Å². The number of anilines is 1. The fourth-order valence-corrected chi connectivity index (χ4v) is 2.50. The number of ether oxygens (including phenoxy) is 1. The van der Waals surface area contributed by atoms with Gasteiger partial charge in [-0.25, -0.2) is 9.18 Å². The summed E-state index contributed by atoms with van der Waals surface area (Å²) in [6.45, 7) is 5.13. The third-order valence-corrected chi connectivity index (χ3v) is 3.84. The Hall–Kier alpha value is -3.42. The van der Waals surface area contributed by atoms with Gasteiger partial charge in [0, 0.05) is 12.2 Å². The molecule has 160 valence electrons. The lowest BCUT2D eigenvalue weighted by atomic mass is 10.1. The highest BCUT2D eigenvalue weighted by Gasteiger charge is 2.16. The fraction of sp³-hybridized carbons (Fsp3) is 0.318. The summed E-state index contributed by atoms with van der Waals surface area (Å²) in [5.41, 5.74) is 1.31. The molecule has 3 N–H and O–H groups in total. The van der Waals surface area contributed by atoms with E-state index in [9.17, 15) is 18.8 Å². The average molecular weight is 415 g/mol. The topological polar surface area (TPSA) is 96.5 Å². The molecule has 0 aliphatic rings. The molecule has 0 heterocycles. The Morgan fingerprint density at radius 3 is 2.27 bits per heavy atom. The van der Waals surface area contributed by atoms with Gasteiger partial charge in [-0.2, -0.15) is 0 Å². The van der Waals surface area contributed by atoms with Gasteiger partial charge in [0.15, 0.2) is 0 Å². The van der Waals surface area contributed by atoms with Gasteiger partial charge >= 0.3 is 6.09 Å². The second-order valence-corrected chi connectivity index (χ2v) is 7.64.